The zero-order chi connectivity index (χ0) is 9.68. The lowest BCUT2D eigenvalue weighted by Crippen LogP contribution is -2.25. The van der Waals surface area contributed by atoms with E-state index in [9.17, 15) is 0 Å². The third-order valence-corrected chi connectivity index (χ3v) is 2.65. The molecule has 3 nitrogen and oxygen atoms in total. The highest BCUT2D eigenvalue weighted by Gasteiger charge is 2.19. The first-order valence-corrected chi connectivity index (χ1v) is 5.11. The fourth-order valence-corrected chi connectivity index (χ4v) is 1.59. The Bertz CT molecular complexity index is 170. The average Bonchev–Trinajstić information content (AvgIpc) is 2.19. The predicted molar refractivity (Wildman–Crippen MR) is 52.3 cm³/mol. The Hall–Kier alpha value is -0.570. The first kappa shape index (κ1) is 10.5. The Morgan fingerprint density at radius 3 is 2.62 bits per heavy atom. The van der Waals surface area contributed by atoms with Gasteiger partial charge in [-0.2, -0.15) is 0 Å². The van der Waals surface area contributed by atoms with Gasteiger partial charge in [0.15, 0.2) is 0 Å². The van der Waals surface area contributed by atoms with Crippen molar-refractivity contribution in [2.45, 2.75) is 58.2 Å². The number of oxime groups is 1. The minimum atomic E-state index is 0.359. The number of nitrogens with zero attached hydrogens (tertiary/aromatic N) is 1. The summed E-state index contributed by atoms with van der Waals surface area (Å²) in [7, 11) is 0. The highest BCUT2D eigenvalue weighted by molar-refractivity contribution is 5.84. The maximum atomic E-state index is 8.55. The summed E-state index contributed by atoms with van der Waals surface area (Å²) in [6, 6.07) is 0. The van der Waals surface area contributed by atoms with E-state index < -0.39 is 0 Å². The topological polar surface area (TPSA) is 41.8 Å². The molecule has 1 unspecified atom stereocenters. The lowest BCUT2D eigenvalue weighted by atomic mass is 9.95. The molecule has 0 radical (unpaired) electrons. The van der Waals surface area contributed by atoms with Crippen molar-refractivity contribution in [3.05, 3.63) is 0 Å². The molecule has 0 heterocycles. The summed E-state index contributed by atoms with van der Waals surface area (Å²) in [5.74, 6) is 0. The molecule has 0 aliphatic heterocycles. The Balaban J connectivity index is 2.25. The normalized spacial score (nSPS) is 25.7. The van der Waals surface area contributed by atoms with Crippen LogP contribution in [0.1, 0.15) is 46.0 Å². The van der Waals surface area contributed by atoms with Crippen molar-refractivity contribution in [1.82, 2.24) is 0 Å². The van der Waals surface area contributed by atoms with Gasteiger partial charge in [-0.3, -0.25) is 0 Å². The number of ether oxygens (including phenoxy) is 1. The van der Waals surface area contributed by atoms with Crippen LogP contribution in [0.5, 0.6) is 0 Å². The van der Waals surface area contributed by atoms with Gasteiger partial charge in [0.2, 0.25) is 0 Å². The van der Waals surface area contributed by atoms with Gasteiger partial charge >= 0.3 is 0 Å². The largest absolute Gasteiger partial charge is 0.411 e. The molecule has 1 saturated carbocycles. The molecular formula is C10H19NO2. The van der Waals surface area contributed by atoms with Gasteiger partial charge in [-0.05, 0) is 39.0 Å². The van der Waals surface area contributed by atoms with Gasteiger partial charge in [0, 0.05) is 0 Å². The zero-order valence-corrected chi connectivity index (χ0v) is 8.49. The van der Waals surface area contributed by atoms with Gasteiger partial charge in [-0.15, -0.1) is 0 Å². The average molecular weight is 185 g/mol. The Kier molecular flexibility index (Phi) is 4.22. The maximum Gasteiger partial charge on any atom is 0.0586 e. The molecule has 0 saturated heterocycles. The summed E-state index contributed by atoms with van der Waals surface area (Å²) in [4.78, 5) is 0. The van der Waals surface area contributed by atoms with Crippen molar-refractivity contribution < 1.29 is 9.94 Å². The molecule has 0 aromatic carbocycles. The van der Waals surface area contributed by atoms with Crippen molar-refractivity contribution in [3.8, 4) is 0 Å². The summed E-state index contributed by atoms with van der Waals surface area (Å²) in [6.45, 7) is 4.24. The molecule has 3 heteroatoms. The smallest absolute Gasteiger partial charge is 0.0586 e. The van der Waals surface area contributed by atoms with Crippen LogP contribution in [0.4, 0.5) is 0 Å². The molecule has 0 bridgehead atoms. The number of rotatable bonds is 3. The van der Waals surface area contributed by atoms with Crippen LogP contribution >= 0.6 is 0 Å². The fraction of sp³-hybridized carbons (Fsp3) is 0.900. The van der Waals surface area contributed by atoms with Crippen LogP contribution in [-0.2, 0) is 4.74 Å². The third-order valence-electron chi connectivity index (χ3n) is 2.65. The Morgan fingerprint density at radius 2 is 2.15 bits per heavy atom. The van der Waals surface area contributed by atoms with Crippen molar-refractivity contribution in [3.63, 3.8) is 0 Å². The Labute approximate surface area is 79.8 Å². The summed E-state index contributed by atoms with van der Waals surface area (Å²) in [6.07, 6.45) is 5.58. The van der Waals surface area contributed by atoms with Gasteiger partial charge in [-0.1, -0.05) is 12.1 Å². The molecule has 0 aromatic rings. The van der Waals surface area contributed by atoms with Crippen LogP contribution in [0.15, 0.2) is 5.16 Å². The van der Waals surface area contributed by atoms with Gasteiger partial charge < -0.3 is 9.94 Å². The fourth-order valence-electron chi connectivity index (χ4n) is 1.59. The summed E-state index contributed by atoms with van der Waals surface area (Å²) >= 11 is 0. The predicted octanol–water partition coefficient (Wildman–Crippen LogP) is 2.57. The van der Waals surface area contributed by atoms with Crippen LogP contribution < -0.4 is 0 Å². The minimum Gasteiger partial charge on any atom is -0.411 e. The standard InChI is InChI=1S/C10H19NO2/c1-3-8(2)13-10-6-4-9(11-12)5-7-10/h8,10,12H,3-7H2,1-2H3. The molecule has 1 N–H and O–H groups in total. The summed E-state index contributed by atoms with van der Waals surface area (Å²) < 4.78 is 5.80. The highest BCUT2D eigenvalue weighted by atomic mass is 16.5. The minimum absolute atomic E-state index is 0.359. The molecule has 13 heavy (non-hydrogen) atoms. The molecule has 1 atom stereocenters. The first-order valence-electron chi connectivity index (χ1n) is 5.11. The van der Waals surface area contributed by atoms with E-state index in [1.807, 2.05) is 0 Å². The van der Waals surface area contributed by atoms with Crippen molar-refractivity contribution in [1.29, 1.82) is 0 Å². The number of hydrogen-bond donors (Lipinski definition) is 1. The molecule has 1 fully saturated rings. The van der Waals surface area contributed by atoms with Gasteiger partial charge in [0.1, 0.15) is 0 Å². The molecule has 0 amide bonds. The molecule has 1 rings (SSSR count). The Morgan fingerprint density at radius 1 is 1.54 bits per heavy atom. The summed E-state index contributed by atoms with van der Waals surface area (Å²) in [5.41, 5.74) is 0.920. The lowest BCUT2D eigenvalue weighted by Gasteiger charge is -2.25. The van der Waals surface area contributed by atoms with Gasteiger partial charge in [0.25, 0.3) is 0 Å². The second-order valence-corrected chi connectivity index (χ2v) is 3.72. The SMILES string of the molecule is CCC(C)OC1CCC(=NO)CC1. The highest BCUT2D eigenvalue weighted by Crippen LogP contribution is 2.20. The molecule has 76 valence electrons. The second-order valence-electron chi connectivity index (χ2n) is 3.72. The van der Waals surface area contributed by atoms with E-state index >= 15 is 0 Å². The van der Waals surface area contributed by atoms with E-state index in [1.165, 1.54) is 0 Å². The van der Waals surface area contributed by atoms with Crippen molar-refractivity contribution >= 4 is 5.71 Å². The van der Waals surface area contributed by atoms with Crippen LogP contribution in [0.25, 0.3) is 0 Å². The second kappa shape index (κ2) is 5.22. The van der Waals surface area contributed by atoms with Crippen LogP contribution in [-0.4, -0.2) is 23.1 Å². The number of hydrogen-bond acceptors (Lipinski definition) is 3. The monoisotopic (exact) mass is 185 g/mol. The van der Waals surface area contributed by atoms with E-state index in [-0.39, 0.29) is 0 Å². The van der Waals surface area contributed by atoms with E-state index in [0.717, 1.165) is 37.8 Å². The van der Waals surface area contributed by atoms with Gasteiger partial charge in [0.05, 0.1) is 17.9 Å². The van der Waals surface area contributed by atoms with Crippen molar-refractivity contribution in [2.75, 3.05) is 0 Å². The van der Waals surface area contributed by atoms with E-state index in [4.69, 9.17) is 9.94 Å². The molecule has 0 spiro atoms. The van der Waals surface area contributed by atoms with E-state index in [1.54, 1.807) is 0 Å². The zero-order valence-electron chi connectivity index (χ0n) is 8.49. The summed E-state index contributed by atoms with van der Waals surface area (Å²) in [5, 5.41) is 11.8. The molecule has 0 aromatic heterocycles. The van der Waals surface area contributed by atoms with Gasteiger partial charge in [-0.25, -0.2) is 0 Å². The van der Waals surface area contributed by atoms with E-state index in [0.29, 0.717) is 12.2 Å². The first-order chi connectivity index (χ1) is 6.26. The van der Waals surface area contributed by atoms with Crippen LogP contribution in [0.2, 0.25) is 0 Å². The van der Waals surface area contributed by atoms with Crippen LogP contribution in [0, 0.1) is 0 Å². The van der Waals surface area contributed by atoms with E-state index in [2.05, 4.69) is 19.0 Å². The maximum absolute atomic E-state index is 8.55. The molecule has 1 aliphatic carbocycles. The quantitative estimate of drug-likeness (QED) is 0.542. The molecule has 1 aliphatic rings. The third kappa shape index (κ3) is 3.35. The van der Waals surface area contributed by atoms with Crippen LogP contribution in [0.3, 0.4) is 0 Å². The lowest BCUT2D eigenvalue weighted by molar-refractivity contribution is -0.0136. The molecular weight excluding hydrogens is 166 g/mol. The van der Waals surface area contributed by atoms with Crippen molar-refractivity contribution in [2.24, 2.45) is 5.16 Å².